The molecule has 31 heavy (non-hydrogen) atoms. The summed E-state index contributed by atoms with van der Waals surface area (Å²) in [6, 6.07) is 9.98. The molecule has 0 radical (unpaired) electrons. The number of ether oxygens (including phenoxy) is 4. The average molecular weight is 441 g/mol. The van der Waals surface area contributed by atoms with Crippen LogP contribution in [-0.2, 0) is 0 Å². The van der Waals surface area contributed by atoms with Crippen LogP contribution in [0.25, 0.3) is 0 Å². The van der Waals surface area contributed by atoms with Crippen molar-refractivity contribution in [2.75, 3.05) is 38.1 Å². The van der Waals surface area contributed by atoms with Crippen LogP contribution in [-0.4, -0.2) is 44.2 Å². The Morgan fingerprint density at radius 2 is 1.65 bits per heavy atom. The molecule has 10 heteroatoms. The molecule has 2 aromatic carbocycles. The van der Waals surface area contributed by atoms with Crippen molar-refractivity contribution < 1.29 is 28.5 Å². The highest BCUT2D eigenvalue weighted by Gasteiger charge is 2.17. The van der Waals surface area contributed by atoms with Crippen molar-refractivity contribution in [3.63, 3.8) is 0 Å². The molecule has 1 aliphatic rings. The maximum atomic E-state index is 12.6. The van der Waals surface area contributed by atoms with Gasteiger partial charge in [0.1, 0.15) is 30.4 Å². The number of aromatic nitrogens is 1. The number of rotatable bonds is 6. The van der Waals surface area contributed by atoms with Gasteiger partial charge in [-0.1, -0.05) is 0 Å². The van der Waals surface area contributed by atoms with Gasteiger partial charge in [0.2, 0.25) is 0 Å². The smallest absolute Gasteiger partial charge is 0.275 e. The third-order valence-electron chi connectivity index (χ3n) is 4.37. The molecule has 1 aliphatic heterocycles. The number of benzene rings is 2. The Kier molecular flexibility index (Phi) is 5.89. The van der Waals surface area contributed by atoms with Crippen LogP contribution in [0.2, 0.25) is 0 Å². The van der Waals surface area contributed by atoms with E-state index in [9.17, 15) is 9.59 Å². The van der Waals surface area contributed by atoms with E-state index in [1.807, 2.05) is 0 Å². The summed E-state index contributed by atoms with van der Waals surface area (Å²) in [7, 11) is 3.01. The van der Waals surface area contributed by atoms with Gasteiger partial charge in [-0.15, -0.1) is 11.3 Å². The first-order valence-electron chi connectivity index (χ1n) is 9.26. The van der Waals surface area contributed by atoms with E-state index in [-0.39, 0.29) is 5.69 Å². The Balaban J connectivity index is 1.43. The van der Waals surface area contributed by atoms with Gasteiger partial charge in [0, 0.05) is 28.8 Å². The van der Waals surface area contributed by atoms with Gasteiger partial charge in [-0.3, -0.25) is 14.9 Å². The average Bonchev–Trinajstić information content (AvgIpc) is 3.27. The summed E-state index contributed by atoms with van der Waals surface area (Å²) >= 11 is 1.14. The van der Waals surface area contributed by atoms with Gasteiger partial charge in [-0.05, 0) is 24.3 Å². The predicted octanol–water partition coefficient (Wildman–Crippen LogP) is 3.44. The van der Waals surface area contributed by atoms with Crippen molar-refractivity contribution in [1.82, 2.24) is 4.98 Å². The van der Waals surface area contributed by atoms with E-state index in [0.29, 0.717) is 52.6 Å². The molecule has 0 unspecified atom stereocenters. The topological polar surface area (TPSA) is 108 Å². The fourth-order valence-electron chi connectivity index (χ4n) is 2.86. The highest BCUT2D eigenvalue weighted by Crippen LogP contribution is 2.33. The summed E-state index contributed by atoms with van der Waals surface area (Å²) in [4.78, 5) is 29.3. The fraction of sp³-hybridized carbons (Fsp3) is 0.190. The molecule has 0 saturated carbocycles. The summed E-state index contributed by atoms with van der Waals surface area (Å²) in [5, 5.41) is 7.30. The van der Waals surface area contributed by atoms with E-state index in [1.165, 1.54) is 14.2 Å². The number of nitrogens with one attached hydrogen (secondary N) is 2. The lowest BCUT2D eigenvalue weighted by atomic mass is 10.2. The van der Waals surface area contributed by atoms with Gasteiger partial charge in [0.25, 0.3) is 11.8 Å². The molecular weight excluding hydrogens is 422 g/mol. The highest BCUT2D eigenvalue weighted by atomic mass is 32.1. The quantitative estimate of drug-likeness (QED) is 0.603. The molecule has 160 valence electrons. The van der Waals surface area contributed by atoms with Gasteiger partial charge in [0.05, 0.1) is 14.2 Å². The first kappa shape index (κ1) is 20.5. The van der Waals surface area contributed by atoms with Gasteiger partial charge in [-0.25, -0.2) is 4.98 Å². The first-order chi connectivity index (χ1) is 15.1. The zero-order valence-corrected chi connectivity index (χ0v) is 17.6. The number of anilines is 2. The van der Waals surface area contributed by atoms with Crippen molar-refractivity contribution in [1.29, 1.82) is 0 Å². The molecule has 2 heterocycles. The Hall–Kier alpha value is -3.79. The third-order valence-corrected chi connectivity index (χ3v) is 5.13. The standard InChI is InChI=1S/C21H19N3O6S/c1-27-14-7-12(8-15(10-14)28-2)19(25)24-21-23-16(11-31-21)20(26)22-13-3-4-17-18(9-13)30-6-5-29-17/h3-4,7-11H,5-6H2,1-2H3,(H,22,26)(H,23,24,25). The summed E-state index contributed by atoms with van der Waals surface area (Å²) in [6.07, 6.45) is 0. The van der Waals surface area contributed by atoms with Crippen LogP contribution in [0.1, 0.15) is 20.8 Å². The van der Waals surface area contributed by atoms with Gasteiger partial charge in [-0.2, -0.15) is 0 Å². The third kappa shape index (κ3) is 4.69. The normalized spacial score (nSPS) is 12.1. The minimum atomic E-state index is -0.406. The monoisotopic (exact) mass is 441 g/mol. The van der Waals surface area contributed by atoms with Crippen LogP contribution in [0.4, 0.5) is 10.8 Å². The number of carbonyl (C=O) groups excluding carboxylic acids is 2. The maximum Gasteiger partial charge on any atom is 0.275 e. The number of carbonyl (C=O) groups is 2. The van der Waals surface area contributed by atoms with E-state index in [4.69, 9.17) is 18.9 Å². The van der Waals surface area contributed by atoms with E-state index < -0.39 is 11.8 Å². The molecule has 0 atom stereocenters. The molecule has 0 aliphatic carbocycles. The van der Waals surface area contributed by atoms with Crippen molar-refractivity contribution in [2.45, 2.75) is 0 Å². The predicted molar refractivity (Wildman–Crippen MR) is 115 cm³/mol. The van der Waals surface area contributed by atoms with Crippen LogP contribution in [0.15, 0.2) is 41.8 Å². The van der Waals surface area contributed by atoms with Crippen LogP contribution in [0.5, 0.6) is 23.0 Å². The Labute approximate surface area is 181 Å². The minimum Gasteiger partial charge on any atom is -0.497 e. The molecule has 2 amide bonds. The van der Waals surface area contributed by atoms with E-state index in [1.54, 1.807) is 41.8 Å². The van der Waals surface area contributed by atoms with Gasteiger partial charge >= 0.3 is 0 Å². The Morgan fingerprint density at radius 3 is 2.35 bits per heavy atom. The van der Waals surface area contributed by atoms with Crippen LogP contribution < -0.4 is 29.6 Å². The molecule has 0 spiro atoms. The van der Waals surface area contributed by atoms with Crippen molar-refractivity contribution in [3.05, 3.63) is 53.0 Å². The Morgan fingerprint density at radius 1 is 0.935 bits per heavy atom. The lowest BCUT2D eigenvalue weighted by Crippen LogP contribution is -2.17. The number of methoxy groups -OCH3 is 2. The second-order valence-corrected chi connectivity index (χ2v) is 7.26. The Bertz CT molecular complexity index is 1110. The van der Waals surface area contributed by atoms with Gasteiger partial charge in [0.15, 0.2) is 16.6 Å². The lowest BCUT2D eigenvalue weighted by Gasteiger charge is -2.18. The second kappa shape index (κ2) is 8.92. The number of hydrogen-bond donors (Lipinski definition) is 2. The largest absolute Gasteiger partial charge is 0.497 e. The molecular formula is C21H19N3O6S. The van der Waals surface area contributed by atoms with Crippen molar-refractivity contribution in [2.24, 2.45) is 0 Å². The summed E-state index contributed by atoms with van der Waals surface area (Å²) < 4.78 is 21.4. The van der Waals surface area contributed by atoms with E-state index in [2.05, 4.69) is 15.6 Å². The van der Waals surface area contributed by atoms with Crippen molar-refractivity contribution in [3.8, 4) is 23.0 Å². The molecule has 0 fully saturated rings. The maximum absolute atomic E-state index is 12.6. The van der Waals surface area contributed by atoms with Gasteiger partial charge < -0.3 is 24.3 Å². The summed E-state index contributed by atoms with van der Waals surface area (Å²) in [5.41, 5.74) is 1.07. The number of amides is 2. The fourth-order valence-corrected chi connectivity index (χ4v) is 3.55. The van der Waals surface area contributed by atoms with Crippen LogP contribution in [0.3, 0.4) is 0 Å². The zero-order valence-electron chi connectivity index (χ0n) is 16.8. The SMILES string of the molecule is COc1cc(OC)cc(C(=O)Nc2nc(C(=O)Nc3ccc4c(c3)OCCO4)cs2)c1. The van der Waals surface area contributed by atoms with Crippen molar-refractivity contribution >= 4 is 34.0 Å². The molecule has 1 aromatic heterocycles. The first-order valence-corrected chi connectivity index (χ1v) is 10.1. The number of nitrogens with zero attached hydrogens (tertiary/aromatic N) is 1. The highest BCUT2D eigenvalue weighted by molar-refractivity contribution is 7.14. The van der Waals surface area contributed by atoms with E-state index >= 15 is 0 Å². The number of fused-ring (bicyclic) bond motifs is 1. The molecule has 0 bridgehead atoms. The molecule has 0 saturated heterocycles. The molecule has 9 nitrogen and oxygen atoms in total. The van der Waals surface area contributed by atoms with Crippen LogP contribution in [0, 0.1) is 0 Å². The molecule has 4 rings (SSSR count). The molecule has 3 aromatic rings. The minimum absolute atomic E-state index is 0.179. The number of thiazole rings is 1. The summed E-state index contributed by atoms with van der Waals surface area (Å²) in [5.74, 6) is 1.38. The number of hydrogen-bond acceptors (Lipinski definition) is 8. The molecule has 2 N–H and O–H groups in total. The lowest BCUT2D eigenvalue weighted by molar-refractivity contribution is 0.101. The summed E-state index contributed by atoms with van der Waals surface area (Å²) in [6.45, 7) is 0.952. The van der Waals surface area contributed by atoms with E-state index in [0.717, 1.165) is 11.3 Å². The van der Waals surface area contributed by atoms with Crippen LogP contribution >= 0.6 is 11.3 Å². The zero-order chi connectivity index (χ0) is 21.8. The second-order valence-electron chi connectivity index (χ2n) is 6.41.